The lowest BCUT2D eigenvalue weighted by molar-refractivity contribution is 0.703. The number of hydrogen-bond donors (Lipinski definition) is 1. The van der Waals surface area contributed by atoms with Crippen LogP contribution in [0.5, 0.6) is 0 Å². The minimum atomic E-state index is -0.285. The fourth-order valence-corrected chi connectivity index (χ4v) is 2.54. The van der Waals surface area contributed by atoms with Gasteiger partial charge in [-0.25, -0.2) is 9.98 Å². The first-order valence-electron chi connectivity index (χ1n) is 6.91. The second kappa shape index (κ2) is 5.09. The van der Waals surface area contributed by atoms with Crippen molar-refractivity contribution in [1.82, 2.24) is 9.55 Å². The van der Waals surface area contributed by atoms with Crippen molar-refractivity contribution in [2.45, 2.75) is 25.9 Å². The summed E-state index contributed by atoms with van der Waals surface area (Å²) in [6.45, 7) is 2.15. The maximum atomic E-state index is 6.43. The number of aliphatic imine (C=N–C) groups is 1. The minimum absolute atomic E-state index is 0.285. The largest absolute Gasteiger partial charge is 0.319 e. The number of aryl methyl sites for hydroxylation is 1. The molecule has 2 heterocycles. The molecular weight excluding hydrogens is 250 g/mol. The van der Waals surface area contributed by atoms with Gasteiger partial charge in [-0.3, -0.25) is 0 Å². The van der Waals surface area contributed by atoms with Crippen LogP contribution in [0.4, 0.5) is 11.5 Å². The Morgan fingerprint density at radius 2 is 2.00 bits per heavy atom. The summed E-state index contributed by atoms with van der Waals surface area (Å²) in [4.78, 5) is 11.2. The van der Waals surface area contributed by atoms with Crippen molar-refractivity contribution in [1.29, 1.82) is 0 Å². The van der Waals surface area contributed by atoms with Crippen molar-refractivity contribution in [3.05, 3.63) is 42.4 Å². The van der Waals surface area contributed by atoms with Gasteiger partial charge in [-0.2, -0.15) is 0 Å². The van der Waals surface area contributed by atoms with Crippen LogP contribution in [0.2, 0.25) is 0 Å². The van der Waals surface area contributed by atoms with E-state index in [1.54, 1.807) is 6.33 Å². The third kappa shape index (κ3) is 2.00. The van der Waals surface area contributed by atoms with E-state index in [0.29, 0.717) is 0 Å². The monoisotopic (exact) mass is 269 g/mol. The van der Waals surface area contributed by atoms with Crippen LogP contribution in [0.1, 0.15) is 31.6 Å². The van der Waals surface area contributed by atoms with Crippen LogP contribution in [-0.2, 0) is 7.05 Å². The van der Waals surface area contributed by atoms with Crippen molar-refractivity contribution in [2.75, 3.05) is 4.90 Å². The highest BCUT2D eigenvalue weighted by Crippen LogP contribution is 2.34. The number of fused-ring (bicyclic) bond motifs is 1. The molecule has 104 valence electrons. The number of nitrogens with zero attached hydrogens (tertiary/aromatic N) is 4. The highest BCUT2D eigenvalue weighted by atomic mass is 15.3. The zero-order valence-electron chi connectivity index (χ0n) is 11.8. The number of anilines is 1. The Labute approximate surface area is 118 Å². The first-order valence-corrected chi connectivity index (χ1v) is 6.91. The van der Waals surface area contributed by atoms with E-state index in [1.807, 2.05) is 29.8 Å². The molecule has 1 atom stereocenters. The standard InChI is InChI=1S/C15H19N5/c1-3-7-12-18-15-13(17-10-19(15)2)14(16)20(12)11-8-5-4-6-9-11/h4-6,8-10,14H,3,7,16H2,1-2H3/t14-/m1/s1. The predicted octanol–water partition coefficient (Wildman–Crippen LogP) is 2.73. The molecule has 0 saturated heterocycles. The highest BCUT2D eigenvalue weighted by molar-refractivity contribution is 6.01. The SMILES string of the molecule is CCCC1=Nc2c(ncn2C)[C@H](N)N1c1ccccc1. The van der Waals surface area contributed by atoms with Gasteiger partial charge in [0.15, 0.2) is 5.82 Å². The Morgan fingerprint density at radius 1 is 1.25 bits per heavy atom. The van der Waals surface area contributed by atoms with Gasteiger partial charge in [0.25, 0.3) is 0 Å². The smallest absolute Gasteiger partial charge is 0.160 e. The second-order valence-corrected chi connectivity index (χ2v) is 4.99. The lowest BCUT2D eigenvalue weighted by Gasteiger charge is -2.34. The molecule has 0 aliphatic carbocycles. The van der Waals surface area contributed by atoms with Crippen molar-refractivity contribution < 1.29 is 0 Å². The summed E-state index contributed by atoms with van der Waals surface area (Å²) in [5.74, 6) is 1.87. The van der Waals surface area contributed by atoms with Gasteiger partial charge in [0.05, 0.1) is 6.33 Å². The molecule has 1 aliphatic rings. The van der Waals surface area contributed by atoms with Crippen LogP contribution in [-0.4, -0.2) is 15.4 Å². The molecule has 0 spiro atoms. The molecule has 0 amide bonds. The summed E-state index contributed by atoms with van der Waals surface area (Å²) in [5, 5.41) is 0. The molecule has 0 radical (unpaired) electrons. The van der Waals surface area contributed by atoms with Crippen LogP contribution in [0, 0.1) is 0 Å². The van der Waals surface area contributed by atoms with Crippen molar-refractivity contribution in [3.63, 3.8) is 0 Å². The van der Waals surface area contributed by atoms with Gasteiger partial charge < -0.3 is 15.2 Å². The molecule has 20 heavy (non-hydrogen) atoms. The molecule has 0 unspecified atom stereocenters. The lowest BCUT2D eigenvalue weighted by Crippen LogP contribution is -2.42. The van der Waals surface area contributed by atoms with E-state index in [2.05, 4.69) is 28.9 Å². The number of hydrogen-bond acceptors (Lipinski definition) is 4. The van der Waals surface area contributed by atoms with Gasteiger partial charge in [-0.1, -0.05) is 25.1 Å². The fraction of sp³-hybridized carbons (Fsp3) is 0.333. The Balaban J connectivity index is 2.10. The van der Waals surface area contributed by atoms with Gasteiger partial charge in [0, 0.05) is 19.2 Å². The molecule has 0 saturated carbocycles. The third-order valence-corrected chi connectivity index (χ3v) is 3.51. The number of rotatable bonds is 3. The predicted molar refractivity (Wildman–Crippen MR) is 81.1 cm³/mol. The molecule has 2 N–H and O–H groups in total. The van der Waals surface area contributed by atoms with Gasteiger partial charge in [0.1, 0.15) is 17.7 Å². The molecule has 0 fully saturated rings. The van der Waals surface area contributed by atoms with Crippen LogP contribution >= 0.6 is 0 Å². The summed E-state index contributed by atoms with van der Waals surface area (Å²) in [6.07, 6.45) is 3.41. The van der Waals surface area contributed by atoms with E-state index in [0.717, 1.165) is 35.9 Å². The van der Waals surface area contributed by atoms with Crippen LogP contribution in [0.15, 0.2) is 41.7 Å². The van der Waals surface area contributed by atoms with Crippen LogP contribution in [0.25, 0.3) is 0 Å². The first-order chi connectivity index (χ1) is 9.72. The number of nitrogens with two attached hydrogens (primary N) is 1. The molecule has 1 aromatic carbocycles. The van der Waals surface area contributed by atoms with Gasteiger partial charge in [-0.05, 0) is 18.6 Å². The molecule has 5 heteroatoms. The zero-order chi connectivity index (χ0) is 14.1. The van der Waals surface area contributed by atoms with Crippen molar-refractivity contribution >= 4 is 17.3 Å². The Bertz CT molecular complexity index is 629. The van der Waals surface area contributed by atoms with E-state index in [4.69, 9.17) is 10.7 Å². The molecular formula is C15H19N5. The number of amidine groups is 1. The summed E-state index contributed by atoms with van der Waals surface area (Å²) in [7, 11) is 1.95. The van der Waals surface area contributed by atoms with Crippen molar-refractivity contribution in [3.8, 4) is 0 Å². The van der Waals surface area contributed by atoms with E-state index in [-0.39, 0.29) is 6.17 Å². The Hall–Kier alpha value is -2.14. The quantitative estimate of drug-likeness (QED) is 0.932. The Morgan fingerprint density at radius 3 is 2.70 bits per heavy atom. The average Bonchev–Trinajstić information content (AvgIpc) is 2.82. The first kappa shape index (κ1) is 12.9. The number of imidazole rings is 1. The average molecular weight is 269 g/mol. The van der Waals surface area contributed by atoms with E-state index >= 15 is 0 Å². The topological polar surface area (TPSA) is 59.4 Å². The fourth-order valence-electron chi connectivity index (χ4n) is 2.54. The van der Waals surface area contributed by atoms with Gasteiger partial charge >= 0.3 is 0 Å². The maximum Gasteiger partial charge on any atom is 0.160 e. The molecule has 0 bridgehead atoms. The number of benzene rings is 1. The van der Waals surface area contributed by atoms with E-state index < -0.39 is 0 Å². The number of aromatic nitrogens is 2. The van der Waals surface area contributed by atoms with E-state index in [9.17, 15) is 0 Å². The second-order valence-electron chi connectivity index (χ2n) is 4.99. The molecule has 3 rings (SSSR count). The molecule has 1 aromatic heterocycles. The van der Waals surface area contributed by atoms with Crippen molar-refractivity contribution in [2.24, 2.45) is 17.8 Å². The Kier molecular flexibility index (Phi) is 3.28. The van der Waals surface area contributed by atoms with E-state index in [1.165, 1.54) is 0 Å². The van der Waals surface area contributed by atoms with Gasteiger partial charge in [0.2, 0.25) is 0 Å². The third-order valence-electron chi connectivity index (χ3n) is 3.51. The molecule has 1 aliphatic heterocycles. The summed E-state index contributed by atoms with van der Waals surface area (Å²) in [6, 6.07) is 10.1. The van der Waals surface area contributed by atoms with Crippen LogP contribution in [0.3, 0.4) is 0 Å². The maximum absolute atomic E-state index is 6.43. The molecule has 2 aromatic rings. The molecule has 5 nitrogen and oxygen atoms in total. The zero-order valence-corrected chi connectivity index (χ0v) is 11.8. The summed E-state index contributed by atoms with van der Waals surface area (Å²) < 4.78 is 1.92. The van der Waals surface area contributed by atoms with Crippen LogP contribution < -0.4 is 10.6 Å². The summed E-state index contributed by atoms with van der Waals surface area (Å²) >= 11 is 0. The highest BCUT2D eigenvalue weighted by Gasteiger charge is 2.30. The van der Waals surface area contributed by atoms with Gasteiger partial charge in [-0.15, -0.1) is 0 Å². The normalized spacial score (nSPS) is 17.9. The summed E-state index contributed by atoms with van der Waals surface area (Å²) in [5.41, 5.74) is 8.31. The minimum Gasteiger partial charge on any atom is -0.319 e. The lowest BCUT2D eigenvalue weighted by atomic mass is 10.1. The number of para-hydroxylation sites is 1.